The first-order valence-corrected chi connectivity index (χ1v) is 24.4. The van der Waals surface area contributed by atoms with Crippen LogP contribution in [0.3, 0.4) is 0 Å². The second kappa shape index (κ2) is 39.4. The Morgan fingerprint density at radius 2 is 0.947 bits per heavy atom. The maximum Gasteiger partial charge on any atom is 0.472 e. The molecule has 0 heterocycles. The van der Waals surface area contributed by atoms with Gasteiger partial charge in [-0.05, 0) is 77.0 Å². The van der Waals surface area contributed by atoms with Gasteiger partial charge in [0, 0.05) is 12.8 Å². The molecule has 0 aromatic carbocycles. The number of carbonyl (C=O) groups excluding carboxylic acids is 2. The highest BCUT2D eigenvalue weighted by atomic mass is 31.2. The summed E-state index contributed by atoms with van der Waals surface area (Å²) in [6.45, 7) is 4.36. The first-order valence-electron chi connectivity index (χ1n) is 22.9. The molecule has 10 heteroatoms. The van der Waals surface area contributed by atoms with E-state index in [0.717, 1.165) is 89.9 Å². The number of esters is 2. The summed E-state index contributed by atoms with van der Waals surface area (Å²) in [4.78, 5) is 35.4. The molecular formula is C47H87NO8P+. The second-order valence-corrected chi connectivity index (χ2v) is 17.9. The highest BCUT2D eigenvalue weighted by Crippen LogP contribution is 2.43. The van der Waals surface area contributed by atoms with Crippen LogP contribution in [0.25, 0.3) is 0 Å². The number of hydrogen-bond donors (Lipinski definition) is 1. The molecule has 2 atom stereocenters. The fourth-order valence-corrected chi connectivity index (χ4v) is 6.70. The molecule has 0 saturated heterocycles. The minimum Gasteiger partial charge on any atom is -0.462 e. The maximum absolute atomic E-state index is 12.7. The van der Waals surface area contributed by atoms with Crippen LogP contribution in [0.4, 0.5) is 0 Å². The summed E-state index contributed by atoms with van der Waals surface area (Å²) in [7, 11) is 1.46. The number of nitrogens with zero attached hydrogens (tertiary/aromatic N) is 1. The number of phosphoric acid groups is 1. The number of unbranched alkanes of at least 4 members (excludes halogenated alkanes) is 19. The van der Waals surface area contributed by atoms with Crippen molar-refractivity contribution in [3.05, 3.63) is 48.6 Å². The molecule has 0 aromatic rings. The van der Waals surface area contributed by atoms with Crippen LogP contribution in [0.15, 0.2) is 48.6 Å². The molecule has 0 saturated carbocycles. The van der Waals surface area contributed by atoms with Gasteiger partial charge in [-0.3, -0.25) is 18.6 Å². The summed E-state index contributed by atoms with van der Waals surface area (Å²) >= 11 is 0. The van der Waals surface area contributed by atoms with E-state index < -0.39 is 26.5 Å². The number of hydrogen-bond acceptors (Lipinski definition) is 7. The zero-order valence-electron chi connectivity index (χ0n) is 37.3. The lowest BCUT2D eigenvalue weighted by Crippen LogP contribution is -2.37. The molecular weight excluding hydrogens is 737 g/mol. The summed E-state index contributed by atoms with van der Waals surface area (Å²) in [6.07, 6.45) is 45.8. The standard InChI is InChI=1S/C47H86NO8P/c1-6-8-10-12-14-16-18-20-22-23-24-25-26-28-30-32-34-36-38-40-47(50)56-45(44-55-57(51,52)54-42-41-48(3,4)5)43-53-46(49)39-37-35-33-31-29-27-21-19-17-15-13-11-9-7-2/h14,16,19-22,24-25,45H,6-13,15,17-18,23,26-44H2,1-5H3/p+1/b16-14-,21-19-,22-20-,25-24-. The Morgan fingerprint density at radius 3 is 1.46 bits per heavy atom. The molecule has 0 aliphatic heterocycles. The first-order chi connectivity index (χ1) is 27.5. The van der Waals surface area contributed by atoms with Crippen molar-refractivity contribution in [3.8, 4) is 0 Å². The quantitative estimate of drug-likeness (QED) is 0.0213. The van der Waals surface area contributed by atoms with Crippen molar-refractivity contribution in [2.24, 2.45) is 0 Å². The Bertz CT molecular complexity index is 1110. The van der Waals surface area contributed by atoms with Crippen LogP contribution >= 0.6 is 7.82 Å². The van der Waals surface area contributed by atoms with Crippen LogP contribution < -0.4 is 0 Å². The Labute approximate surface area is 350 Å². The van der Waals surface area contributed by atoms with Gasteiger partial charge in [-0.2, -0.15) is 0 Å². The average Bonchev–Trinajstić information content (AvgIpc) is 3.16. The van der Waals surface area contributed by atoms with E-state index in [9.17, 15) is 19.0 Å². The van der Waals surface area contributed by atoms with Crippen molar-refractivity contribution < 1.29 is 42.1 Å². The minimum absolute atomic E-state index is 0.0263. The lowest BCUT2D eigenvalue weighted by molar-refractivity contribution is -0.870. The SMILES string of the molecule is CCCCC/C=C\C/C=C\C/C=C\CCCCCCCCC(=O)OC(COC(=O)CCCCCCC/C=C\CCCCCCC)COP(=O)(O)OCC[N+](C)(C)C. The van der Waals surface area contributed by atoms with Gasteiger partial charge < -0.3 is 18.9 Å². The monoisotopic (exact) mass is 825 g/mol. The van der Waals surface area contributed by atoms with Gasteiger partial charge in [-0.15, -0.1) is 0 Å². The molecule has 0 aliphatic rings. The summed E-state index contributed by atoms with van der Waals surface area (Å²) in [5.41, 5.74) is 0. The van der Waals surface area contributed by atoms with Crippen LogP contribution in [0.2, 0.25) is 0 Å². The predicted molar refractivity (Wildman–Crippen MR) is 238 cm³/mol. The highest BCUT2D eigenvalue weighted by molar-refractivity contribution is 7.47. The lowest BCUT2D eigenvalue weighted by Gasteiger charge is -2.24. The summed E-state index contributed by atoms with van der Waals surface area (Å²) in [6, 6.07) is 0. The lowest BCUT2D eigenvalue weighted by atomic mass is 10.1. The number of allylic oxidation sites excluding steroid dienone is 8. The van der Waals surface area contributed by atoms with E-state index in [2.05, 4.69) is 62.5 Å². The Hall–Kier alpha value is -2.03. The van der Waals surface area contributed by atoms with E-state index in [4.69, 9.17) is 18.5 Å². The van der Waals surface area contributed by atoms with Gasteiger partial charge >= 0.3 is 19.8 Å². The normalized spacial score (nSPS) is 14.0. The van der Waals surface area contributed by atoms with Crippen molar-refractivity contribution in [3.63, 3.8) is 0 Å². The molecule has 1 N–H and O–H groups in total. The Kier molecular flexibility index (Phi) is 38.0. The molecule has 9 nitrogen and oxygen atoms in total. The van der Waals surface area contributed by atoms with Gasteiger partial charge in [-0.1, -0.05) is 146 Å². The number of carbonyl (C=O) groups is 2. The molecule has 0 aliphatic carbocycles. The van der Waals surface area contributed by atoms with Crippen LogP contribution in [-0.2, 0) is 32.7 Å². The third-order valence-electron chi connectivity index (χ3n) is 9.58. The molecule has 0 rings (SSSR count). The second-order valence-electron chi connectivity index (χ2n) is 16.4. The third kappa shape index (κ3) is 43.4. The molecule has 332 valence electrons. The predicted octanol–water partition coefficient (Wildman–Crippen LogP) is 13.1. The van der Waals surface area contributed by atoms with Gasteiger partial charge in [0.25, 0.3) is 0 Å². The molecule has 0 amide bonds. The Balaban J connectivity index is 4.38. The van der Waals surface area contributed by atoms with Crippen LogP contribution in [0.1, 0.15) is 187 Å². The topological polar surface area (TPSA) is 108 Å². The van der Waals surface area contributed by atoms with Gasteiger partial charge in [0.1, 0.15) is 19.8 Å². The zero-order chi connectivity index (χ0) is 42.1. The number of ether oxygens (including phenoxy) is 2. The molecule has 0 bridgehead atoms. The van der Waals surface area contributed by atoms with E-state index >= 15 is 0 Å². The van der Waals surface area contributed by atoms with Crippen LogP contribution in [0, 0.1) is 0 Å². The van der Waals surface area contributed by atoms with Crippen molar-refractivity contribution in [1.29, 1.82) is 0 Å². The van der Waals surface area contributed by atoms with E-state index in [-0.39, 0.29) is 32.0 Å². The molecule has 2 unspecified atom stereocenters. The number of quaternary nitrogens is 1. The van der Waals surface area contributed by atoms with Gasteiger partial charge in [0.2, 0.25) is 0 Å². The number of likely N-dealkylation sites (N-methyl/N-ethyl adjacent to an activating group) is 1. The fourth-order valence-electron chi connectivity index (χ4n) is 5.96. The van der Waals surface area contributed by atoms with Gasteiger partial charge in [-0.25, -0.2) is 4.57 Å². The van der Waals surface area contributed by atoms with Crippen molar-refractivity contribution >= 4 is 19.8 Å². The number of rotatable bonds is 41. The average molecular weight is 825 g/mol. The van der Waals surface area contributed by atoms with E-state index in [1.807, 2.05) is 21.1 Å². The molecule has 0 radical (unpaired) electrons. The summed E-state index contributed by atoms with van der Waals surface area (Å²) in [5.74, 6) is -0.824. The van der Waals surface area contributed by atoms with Crippen molar-refractivity contribution in [2.45, 2.75) is 193 Å². The number of phosphoric ester groups is 1. The van der Waals surface area contributed by atoms with E-state index in [1.165, 1.54) is 64.2 Å². The minimum atomic E-state index is -4.38. The Morgan fingerprint density at radius 1 is 0.544 bits per heavy atom. The van der Waals surface area contributed by atoms with E-state index in [0.29, 0.717) is 17.4 Å². The molecule has 57 heavy (non-hydrogen) atoms. The molecule has 0 aromatic heterocycles. The molecule has 0 fully saturated rings. The van der Waals surface area contributed by atoms with Crippen LogP contribution in [-0.4, -0.2) is 74.9 Å². The third-order valence-corrected chi connectivity index (χ3v) is 10.6. The van der Waals surface area contributed by atoms with Crippen molar-refractivity contribution in [2.75, 3.05) is 47.5 Å². The molecule has 0 spiro atoms. The smallest absolute Gasteiger partial charge is 0.462 e. The van der Waals surface area contributed by atoms with Gasteiger partial charge in [0.05, 0.1) is 27.7 Å². The first kappa shape index (κ1) is 55.0. The fraction of sp³-hybridized carbons (Fsp3) is 0.787. The largest absolute Gasteiger partial charge is 0.472 e. The summed E-state index contributed by atoms with van der Waals surface area (Å²) < 4.78 is 34.3. The summed E-state index contributed by atoms with van der Waals surface area (Å²) in [5, 5.41) is 0. The highest BCUT2D eigenvalue weighted by Gasteiger charge is 2.27. The van der Waals surface area contributed by atoms with Crippen molar-refractivity contribution in [1.82, 2.24) is 0 Å². The maximum atomic E-state index is 12.7. The van der Waals surface area contributed by atoms with Gasteiger partial charge in [0.15, 0.2) is 6.10 Å². The van der Waals surface area contributed by atoms with Crippen LogP contribution in [0.5, 0.6) is 0 Å². The zero-order valence-corrected chi connectivity index (χ0v) is 38.2. The van der Waals surface area contributed by atoms with E-state index in [1.54, 1.807) is 0 Å².